The number of halogens is 3. The van der Waals surface area contributed by atoms with Gasteiger partial charge in [-0.15, -0.1) is 0 Å². The van der Waals surface area contributed by atoms with E-state index in [9.17, 15) is 22.8 Å². The molecule has 1 aliphatic rings. The Morgan fingerprint density at radius 3 is 2.39 bits per heavy atom. The maximum absolute atomic E-state index is 13.2. The van der Waals surface area contributed by atoms with E-state index < -0.39 is 23.2 Å². The van der Waals surface area contributed by atoms with Gasteiger partial charge in [-0.2, -0.15) is 18.3 Å². The molecule has 1 aliphatic carbocycles. The fraction of sp³-hybridized carbons (Fsp3) is 0.375. The molecule has 0 bridgehead atoms. The van der Waals surface area contributed by atoms with Crippen LogP contribution in [0.1, 0.15) is 54.6 Å². The highest BCUT2D eigenvalue weighted by atomic mass is 19.4. The second-order valence-corrected chi connectivity index (χ2v) is 9.49. The number of carbonyl (C=O) groups is 2. The highest BCUT2D eigenvalue weighted by molar-refractivity contribution is 6.06. The normalized spacial score (nSPS) is 22.7. The molecule has 3 aromatic rings. The first-order valence-electron chi connectivity index (χ1n) is 10.5. The fourth-order valence-corrected chi connectivity index (χ4v) is 5.17. The number of hydrogen-bond acceptors (Lipinski definition) is 3. The highest BCUT2D eigenvalue weighted by Gasteiger charge is 2.50. The summed E-state index contributed by atoms with van der Waals surface area (Å²) < 4.78 is 40.1. The zero-order chi connectivity index (χ0) is 24.0. The molecule has 2 N–H and O–H groups in total. The number of aromatic nitrogens is 2. The predicted octanol–water partition coefficient (Wildman–Crippen LogP) is 4.87. The van der Waals surface area contributed by atoms with E-state index in [0.29, 0.717) is 29.5 Å². The van der Waals surface area contributed by atoms with Crippen molar-refractivity contribution in [1.29, 1.82) is 0 Å². The summed E-state index contributed by atoms with van der Waals surface area (Å²) in [6.07, 6.45) is -1.63. The van der Waals surface area contributed by atoms with Gasteiger partial charge in [-0.3, -0.25) is 14.3 Å². The standard InChI is InChI=1S/C24H24F3N3O3/c1-22(10-19(31)32)13-23(2,14-22)29-21(33)18-5-3-4-16-11-28-30(20(16)18)12-15-6-8-17(9-7-15)24(25,26)27/h3-9,11H,10,12-14H2,1-2H3,(H,29,33)(H,31,32). The van der Waals surface area contributed by atoms with Crippen LogP contribution < -0.4 is 5.32 Å². The van der Waals surface area contributed by atoms with Crippen LogP contribution in [-0.4, -0.2) is 32.3 Å². The van der Waals surface area contributed by atoms with E-state index in [2.05, 4.69) is 10.4 Å². The molecule has 2 aromatic carbocycles. The Kier molecular flexibility index (Phi) is 5.46. The minimum Gasteiger partial charge on any atom is -0.481 e. The fourth-order valence-electron chi connectivity index (χ4n) is 5.17. The molecule has 0 radical (unpaired) electrons. The largest absolute Gasteiger partial charge is 0.481 e. The van der Waals surface area contributed by atoms with Crippen LogP contribution in [0.5, 0.6) is 0 Å². The van der Waals surface area contributed by atoms with Crippen LogP contribution in [0.3, 0.4) is 0 Å². The molecule has 0 saturated heterocycles. The number of carboxylic acid groups (broad SMARTS) is 1. The third kappa shape index (κ3) is 4.72. The SMILES string of the molecule is CC1(CC(=O)O)CC(C)(NC(=O)c2cccc3cnn(Cc4ccc(C(F)(F)F)cc4)c23)C1. The van der Waals surface area contributed by atoms with Gasteiger partial charge in [-0.05, 0) is 48.9 Å². The Hall–Kier alpha value is -3.36. The van der Waals surface area contributed by atoms with E-state index in [1.54, 1.807) is 23.0 Å². The second-order valence-electron chi connectivity index (χ2n) is 9.49. The first-order chi connectivity index (χ1) is 15.4. The number of carboxylic acids is 1. The molecule has 4 rings (SSSR count). The van der Waals surface area contributed by atoms with E-state index in [4.69, 9.17) is 5.11 Å². The maximum Gasteiger partial charge on any atom is 0.416 e. The Morgan fingerprint density at radius 2 is 1.79 bits per heavy atom. The average molecular weight is 459 g/mol. The van der Waals surface area contributed by atoms with Crippen molar-refractivity contribution in [2.45, 2.75) is 51.4 Å². The van der Waals surface area contributed by atoms with Crippen LogP contribution >= 0.6 is 0 Å². The zero-order valence-corrected chi connectivity index (χ0v) is 18.2. The second kappa shape index (κ2) is 7.90. The molecule has 0 spiro atoms. The van der Waals surface area contributed by atoms with Gasteiger partial charge in [0, 0.05) is 10.9 Å². The molecule has 1 heterocycles. The Bertz CT molecular complexity index is 1210. The van der Waals surface area contributed by atoms with Gasteiger partial charge in [0.2, 0.25) is 0 Å². The van der Waals surface area contributed by atoms with E-state index in [1.807, 2.05) is 19.9 Å². The van der Waals surface area contributed by atoms with E-state index in [1.165, 1.54) is 12.1 Å². The van der Waals surface area contributed by atoms with Crippen LogP contribution in [0.4, 0.5) is 13.2 Å². The van der Waals surface area contributed by atoms with Gasteiger partial charge in [-0.1, -0.05) is 31.2 Å². The lowest BCUT2D eigenvalue weighted by Crippen LogP contribution is -2.59. The van der Waals surface area contributed by atoms with Gasteiger partial charge in [0.15, 0.2) is 0 Å². The molecular formula is C24H24F3N3O3. The minimum absolute atomic E-state index is 0.0495. The molecule has 1 amide bonds. The number of rotatable bonds is 6. The number of alkyl halides is 3. The zero-order valence-electron chi connectivity index (χ0n) is 18.2. The predicted molar refractivity (Wildman–Crippen MR) is 116 cm³/mol. The third-order valence-corrected chi connectivity index (χ3v) is 6.15. The molecule has 1 fully saturated rings. The van der Waals surface area contributed by atoms with Crippen LogP contribution in [0, 0.1) is 5.41 Å². The van der Waals surface area contributed by atoms with Gasteiger partial charge in [0.25, 0.3) is 5.91 Å². The lowest BCUT2D eigenvalue weighted by atomic mass is 9.57. The van der Waals surface area contributed by atoms with Gasteiger partial charge in [0.05, 0.1) is 35.8 Å². The maximum atomic E-state index is 13.2. The van der Waals surface area contributed by atoms with Crippen molar-refractivity contribution in [3.05, 3.63) is 65.4 Å². The number of amides is 1. The first kappa shape index (κ1) is 22.8. The van der Waals surface area contributed by atoms with Gasteiger partial charge >= 0.3 is 12.1 Å². The van der Waals surface area contributed by atoms with E-state index >= 15 is 0 Å². The number of fused-ring (bicyclic) bond motifs is 1. The van der Waals surface area contributed by atoms with Crippen molar-refractivity contribution in [2.75, 3.05) is 0 Å². The molecule has 0 unspecified atom stereocenters. The summed E-state index contributed by atoms with van der Waals surface area (Å²) in [5.74, 6) is -1.16. The van der Waals surface area contributed by atoms with Crippen molar-refractivity contribution in [3.8, 4) is 0 Å². The molecule has 1 aromatic heterocycles. The van der Waals surface area contributed by atoms with Crippen molar-refractivity contribution in [3.63, 3.8) is 0 Å². The average Bonchev–Trinajstić information content (AvgIpc) is 3.08. The van der Waals surface area contributed by atoms with E-state index in [-0.39, 0.29) is 24.3 Å². The Balaban J connectivity index is 1.55. The molecule has 174 valence electrons. The van der Waals surface area contributed by atoms with Crippen molar-refractivity contribution in [2.24, 2.45) is 5.41 Å². The monoisotopic (exact) mass is 459 g/mol. The summed E-state index contributed by atoms with van der Waals surface area (Å²) in [6.45, 7) is 4.00. The number of hydrogen-bond donors (Lipinski definition) is 2. The lowest BCUT2D eigenvalue weighted by Gasteiger charge is -2.52. The topological polar surface area (TPSA) is 84.2 Å². The summed E-state index contributed by atoms with van der Waals surface area (Å²) in [5.41, 5.74) is 0.0290. The highest BCUT2D eigenvalue weighted by Crippen LogP contribution is 2.50. The van der Waals surface area contributed by atoms with Crippen LogP contribution in [0.15, 0.2) is 48.7 Å². The molecule has 0 aliphatic heterocycles. The summed E-state index contributed by atoms with van der Waals surface area (Å²) in [4.78, 5) is 24.2. The number of carbonyl (C=O) groups excluding carboxylic acids is 1. The molecule has 33 heavy (non-hydrogen) atoms. The Labute approximate surface area is 188 Å². The van der Waals surface area contributed by atoms with Gasteiger partial charge in [-0.25, -0.2) is 0 Å². The molecule has 9 heteroatoms. The molecule has 1 saturated carbocycles. The summed E-state index contributed by atoms with van der Waals surface area (Å²) in [7, 11) is 0. The van der Waals surface area contributed by atoms with Crippen LogP contribution in [-0.2, 0) is 17.5 Å². The minimum atomic E-state index is -4.40. The summed E-state index contributed by atoms with van der Waals surface area (Å²) in [5, 5.41) is 17.2. The number of aliphatic carboxylic acids is 1. The number of nitrogens with one attached hydrogen (secondary N) is 1. The van der Waals surface area contributed by atoms with E-state index in [0.717, 1.165) is 17.5 Å². The van der Waals surface area contributed by atoms with Crippen LogP contribution in [0.2, 0.25) is 0 Å². The quantitative estimate of drug-likeness (QED) is 0.551. The van der Waals surface area contributed by atoms with Crippen molar-refractivity contribution in [1.82, 2.24) is 15.1 Å². The van der Waals surface area contributed by atoms with Crippen LogP contribution in [0.25, 0.3) is 10.9 Å². The Morgan fingerprint density at radius 1 is 1.12 bits per heavy atom. The first-order valence-corrected chi connectivity index (χ1v) is 10.5. The lowest BCUT2D eigenvalue weighted by molar-refractivity contribution is -0.142. The number of nitrogens with zero attached hydrogens (tertiary/aromatic N) is 2. The molecular weight excluding hydrogens is 435 g/mol. The smallest absolute Gasteiger partial charge is 0.416 e. The summed E-state index contributed by atoms with van der Waals surface area (Å²) in [6, 6.07) is 10.1. The van der Waals surface area contributed by atoms with Gasteiger partial charge in [0.1, 0.15) is 0 Å². The summed E-state index contributed by atoms with van der Waals surface area (Å²) >= 11 is 0. The third-order valence-electron chi connectivity index (χ3n) is 6.15. The van der Waals surface area contributed by atoms with Crippen molar-refractivity contribution < 1.29 is 27.9 Å². The molecule has 6 nitrogen and oxygen atoms in total. The number of para-hydroxylation sites is 1. The van der Waals surface area contributed by atoms with Gasteiger partial charge < -0.3 is 10.4 Å². The molecule has 0 atom stereocenters. The van der Waals surface area contributed by atoms with Crippen molar-refractivity contribution >= 4 is 22.8 Å². The number of benzene rings is 2.